The van der Waals surface area contributed by atoms with Crippen molar-refractivity contribution in [3.63, 3.8) is 0 Å². The smallest absolute Gasteiger partial charge is 0.330 e. The highest BCUT2D eigenvalue weighted by Crippen LogP contribution is 2.33. The van der Waals surface area contributed by atoms with Crippen molar-refractivity contribution in [3.05, 3.63) is 32.6 Å². The van der Waals surface area contributed by atoms with Gasteiger partial charge in [0.05, 0.1) is 0 Å². The summed E-state index contributed by atoms with van der Waals surface area (Å²) in [6, 6.07) is 0. The molecule has 4 atom stereocenters. The molecule has 0 bridgehead atoms. The lowest BCUT2D eigenvalue weighted by Crippen LogP contribution is -2.41. The second-order valence-electron chi connectivity index (χ2n) is 6.93. The lowest BCUT2D eigenvalue weighted by atomic mass is 10.1. The summed E-state index contributed by atoms with van der Waals surface area (Å²) in [7, 11) is 1.50. The molecule has 0 saturated carbocycles. The fourth-order valence-electron chi connectivity index (χ4n) is 3.37. The number of aryl methyl sites for hydroxylation is 1. The fraction of sp³-hybridized carbons (Fsp3) is 0.778. The second kappa shape index (κ2) is 11.4. The third-order valence-corrected chi connectivity index (χ3v) is 4.88. The summed E-state index contributed by atoms with van der Waals surface area (Å²) in [4.78, 5) is 30.5. The van der Waals surface area contributed by atoms with Gasteiger partial charge in [0, 0.05) is 25.5 Å². The van der Waals surface area contributed by atoms with Crippen molar-refractivity contribution in [3.8, 4) is 0 Å². The molecule has 1 fully saturated rings. The average molecular weight is 401 g/mol. The van der Waals surface area contributed by atoms with Crippen LogP contribution in [0.2, 0.25) is 0 Å². The summed E-state index contributed by atoms with van der Waals surface area (Å²) in [6.45, 7) is 2.64. The van der Waals surface area contributed by atoms with Gasteiger partial charge in [0.2, 0.25) is 0 Å². The van der Waals surface area contributed by atoms with Gasteiger partial charge in [-0.3, -0.25) is 19.6 Å². The van der Waals surface area contributed by atoms with Gasteiger partial charge < -0.3 is 19.9 Å². The normalized spacial score (nSPS) is 24.7. The molecule has 1 aliphatic heterocycles. The van der Waals surface area contributed by atoms with E-state index in [1.165, 1.54) is 17.9 Å². The number of aromatic amines is 1. The number of ether oxygens (including phenoxy) is 3. The first kappa shape index (κ1) is 22.7. The van der Waals surface area contributed by atoms with E-state index in [2.05, 4.69) is 9.87 Å². The molecule has 0 amide bonds. The van der Waals surface area contributed by atoms with Gasteiger partial charge >= 0.3 is 5.69 Å². The number of hydrogen-bond donors (Lipinski definition) is 3. The maximum absolute atomic E-state index is 12.3. The zero-order valence-corrected chi connectivity index (χ0v) is 16.5. The fourth-order valence-corrected chi connectivity index (χ4v) is 3.37. The molecule has 1 aliphatic rings. The molecule has 0 aliphatic carbocycles. The minimum absolute atomic E-state index is 0.134. The molecule has 160 valence electrons. The molecule has 4 N–H and O–H groups in total. The summed E-state index contributed by atoms with van der Waals surface area (Å²) in [5.41, 5.74) is 4.81. The molecule has 1 unspecified atom stereocenters. The third-order valence-electron chi connectivity index (χ3n) is 4.88. The number of hydrogen-bond acceptors (Lipinski definition) is 8. The van der Waals surface area contributed by atoms with Crippen LogP contribution < -0.4 is 17.0 Å². The van der Waals surface area contributed by atoms with Gasteiger partial charge in [-0.25, -0.2) is 9.68 Å². The Morgan fingerprint density at radius 2 is 1.93 bits per heavy atom. The molecular formula is C18H31N3O7. The van der Waals surface area contributed by atoms with Crippen molar-refractivity contribution in [1.29, 1.82) is 0 Å². The zero-order chi connectivity index (χ0) is 20.5. The molecule has 1 aromatic heterocycles. The Labute approximate surface area is 163 Å². The van der Waals surface area contributed by atoms with E-state index < -0.39 is 35.8 Å². The molecule has 10 nitrogen and oxygen atoms in total. The van der Waals surface area contributed by atoms with Crippen molar-refractivity contribution in [2.45, 2.75) is 63.6 Å². The highest BCUT2D eigenvalue weighted by atomic mass is 17.1. The molecule has 2 heterocycles. The monoisotopic (exact) mass is 401 g/mol. The number of nitrogens with two attached hydrogens (primary N) is 1. The van der Waals surface area contributed by atoms with E-state index in [1.807, 2.05) is 0 Å². The van der Waals surface area contributed by atoms with E-state index in [1.54, 1.807) is 6.92 Å². The quantitative estimate of drug-likeness (QED) is 0.262. The second-order valence-corrected chi connectivity index (χ2v) is 6.93. The Hall–Kier alpha value is -1.56. The molecule has 2 rings (SSSR count). The van der Waals surface area contributed by atoms with Gasteiger partial charge in [0.25, 0.3) is 5.56 Å². The summed E-state index contributed by atoms with van der Waals surface area (Å²) in [5.74, 6) is 0. The summed E-state index contributed by atoms with van der Waals surface area (Å²) in [5, 5.41) is 8.83. The van der Waals surface area contributed by atoms with E-state index in [9.17, 15) is 9.59 Å². The molecule has 28 heavy (non-hydrogen) atoms. The van der Waals surface area contributed by atoms with Gasteiger partial charge in [0.15, 0.2) is 6.23 Å². The Kier molecular flexibility index (Phi) is 9.29. The molecule has 1 aromatic rings. The molecule has 0 aromatic carbocycles. The van der Waals surface area contributed by atoms with Gasteiger partial charge in [-0.2, -0.15) is 0 Å². The lowest BCUT2D eigenvalue weighted by Gasteiger charge is -2.24. The van der Waals surface area contributed by atoms with Gasteiger partial charge in [-0.05, 0) is 26.3 Å². The van der Waals surface area contributed by atoms with Crippen LogP contribution in [0.1, 0.15) is 43.9 Å². The summed E-state index contributed by atoms with van der Waals surface area (Å²) < 4.78 is 18.7. The van der Waals surface area contributed by atoms with E-state index in [0.717, 1.165) is 32.1 Å². The van der Waals surface area contributed by atoms with Crippen LogP contribution in [-0.4, -0.2) is 60.0 Å². The summed E-state index contributed by atoms with van der Waals surface area (Å²) >= 11 is 0. The topological polar surface area (TPSA) is 138 Å². The predicted octanol–water partition coefficient (Wildman–Crippen LogP) is 0.541. The van der Waals surface area contributed by atoms with Crippen LogP contribution in [0, 0.1) is 6.92 Å². The number of nitrogens with one attached hydrogen (secondary N) is 1. The van der Waals surface area contributed by atoms with Crippen molar-refractivity contribution >= 4 is 0 Å². The maximum Gasteiger partial charge on any atom is 0.330 e. The van der Waals surface area contributed by atoms with Crippen LogP contribution in [0.25, 0.3) is 0 Å². The first-order valence-electron chi connectivity index (χ1n) is 9.61. The lowest BCUT2D eigenvalue weighted by molar-refractivity contribution is -0.265. The third kappa shape index (κ3) is 5.72. The standard InChI is InChI=1S/C18H31N3O7/c1-12-10-21(18(23)20-16(12)22)17-15(14(25-2)13(28-17)11-27-24)26-9-7-5-3-4-6-8-19/h10,13-15,17,24H,3-9,11,19H2,1-2H3,(H,20,22,23)/t13-,14?,15+,17-/m1/s1. The van der Waals surface area contributed by atoms with Crippen LogP contribution in [0.5, 0.6) is 0 Å². The molecule has 0 spiro atoms. The van der Waals surface area contributed by atoms with Gasteiger partial charge in [0.1, 0.15) is 24.9 Å². The Morgan fingerprint density at radius 1 is 1.21 bits per heavy atom. The van der Waals surface area contributed by atoms with E-state index in [-0.39, 0.29) is 6.61 Å². The minimum atomic E-state index is -0.814. The van der Waals surface area contributed by atoms with E-state index >= 15 is 0 Å². The Morgan fingerprint density at radius 3 is 2.61 bits per heavy atom. The van der Waals surface area contributed by atoms with Crippen LogP contribution in [0.3, 0.4) is 0 Å². The maximum atomic E-state index is 12.3. The van der Waals surface area contributed by atoms with Gasteiger partial charge in [-0.1, -0.05) is 19.3 Å². The first-order valence-corrected chi connectivity index (χ1v) is 9.61. The Bertz CT molecular complexity index is 705. The average Bonchev–Trinajstić information content (AvgIpc) is 3.01. The molecular weight excluding hydrogens is 370 g/mol. The van der Waals surface area contributed by atoms with Crippen molar-refractivity contribution in [2.75, 3.05) is 26.9 Å². The Balaban J connectivity index is 2.11. The molecule has 1 saturated heterocycles. The number of H-pyrrole nitrogens is 1. The van der Waals surface area contributed by atoms with Crippen molar-refractivity contribution in [1.82, 2.24) is 9.55 Å². The number of unbranched alkanes of at least 4 members (excludes halogenated alkanes) is 4. The number of methoxy groups -OCH3 is 1. The number of aromatic nitrogens is 2. The highest BCUT2D eigenvalue weighted by Gasteiger charge is 2.47. The number of nitrogens with zero attached hydrogens (tertiary/aromatic N) is 1. The van der Waals surface area contributed by atoms with Gasteiger partial charge in [-0.15, -0.1) is 0 Å². The van der Waals surface area contributed by atoms with E-state index in [0.29, 0.717) is 18.7 Å². The van der Waals surface area contributed by atoms with Crippen LogP contribution in [-0.2, 0) is 19.1 Å². The van der Waals surface area contributed by atoms with Crippen LogP contribution in [0.15, 0.2) is 15.8 Å². The van der Waals surface area contributed by atoms with E-state index in [4.69, 9.17) is 25.2 Å². The molecule has 10 heteroatoms. The number of rotatable bonds is 12. The van der Waals surface area contributed by atoms with Crippen molar-refractivity contribution in [2.24, 2.45) is 5.73 Å². The summed E-state index contributed by atoms with van der Waals surface area (Å²) in [6.07, 6.45) is 3.89. The zero-order valence-electron chi connectivity index (χ0n) is 16.5. The van der Waals surface area contributed by atoms with Crippen molar-refractivity contribution < 1.29 is 24.4 Å². The van der Waals surface area contributed by atoms with Crippen LogP contribution >= 0.6 is 0 Å². The minimum Gasteiger partial charge on any atom is -0.376 e. The van der Waals surface area contributed by atoms with Crippen LogP contribution in [0.4, 0.5) is 0 Å². The predicted molar refractivity (Wildman–Crippen MR) is 101 cm³/mol. The SMILES string of the molecule is COC1[C@@H](COO)O[C@@H](n2cc(C)c(=O)[nH]c2=O)[C@H]1OCCCCCCCN. The highest BCUT2D eigenvalue weighted by molar-refractivity contribution is 5.03. The first-order chi connectivity index (χ1) is 13.5. The largest absolute Gasteiger partial charge is 0.376 e. The molecule has 0 radical (unpaired) electrons.